The molecule has 0 aliphatic carbocycles. The van der Waals surface area contributed by atoms with E-state index in [4.69, 9.17) is 16.9 Å². The second kappa shape index (κ2) is 5.77. The molecule has 0 aliphatic heterocycles. The fourth-order valence-electron chi connectivity index (χ4n) is 1.91. The van der Waals surface area contributed by atoms with E-state index in [-0.39, 0.29) is 0 Å². The Balaban J connectivity index is 2.15. The van der Waals surface area contributed by atoms with Crippen LogP contribution in [-0.2, 0) is 6.54 Å². The van der Waals surface area contributed by atoms with E-state index in [2.05, 4.69) is 43.4 Å². The summed E-state index contributed by atoms with van der Waals surface area (Å²) < 4.78 is 0. The van der Waals surface area contributed by atoms with Crippen LogP contribution in [0.5, 0.6) is 0 Å². The highest BCUT2D eigenvalue weighted by molar-refractivity contribution is 6.33. The molecule has 2 aromatic carbocycles. The molecule has 0 spiro atoms. The van der Waals surface area contributed by atoms with Gasteiger partial charge in [-0.15, -0.1) is 0 Å². The number of nitriles is 1. The van der Waals surface area contributed by atoms with Crippen molar-refractivity contribution < 1.29 is 0 Å². The summed E-state index contributed by atoms with van der Waals surface area (Å²) in [6.45, 7) is 4.90. The van der Waals surface area contributed by atoms with Crippen LogP contribution in [0.3, 0.4) is 0 Å². The molecule has 0 unspecified atom stereocenters. The fourth-order valence-corrected chi connectivity index (χ4v) is 2.16. The molecule has 2 rings (SSSR count). The lowest BCUT2D eigenvalue weighted by atomic mass is 10.1. The third-order valence-corrected chi connectivity index (χ3v) is 3.38. The van der Waals surface area contributed by atoms with Gasteiger partial charge in [0.1, 0.15) is 0 Å². The lowest BCUT2D eigenvalue weighted by Gasteiger charge is -2.11. The van der Waals surface area contributed by atoms with Crippen molar-refractivity contribution in [2.45, 2.75) is 20.4 Å². The Hall–Kier alpha value is -1.98. The van der Waals surface area contributed by atoms with E-state index in [0.717, 1.165) is 12.2 Å². The first-order chi connectivity index (χ1) is 9.10. The highest BCUT2D eigenvalue weighted by Crippen LogP contribution is 2.24. The predicted molar refractivity (Wildman–Crippen MR) is 79.4 cm³/mol. The quantitative estimate of drug-likeness (QED) is 0.895. The second-order valence-electron chi connectivity index (χ2n) is 4.59. The highest BCUT2D eigenvalue weighted by atomic mass is 35.5. The SMILES string of the molecule is Cc1ccc(C)c(CNc2ccc(C#N)cc2Cl)c1. The van der Waals surface area contributed by atoms with Crippen molar-refractivity contribution in [3.05, 3.63) is 63.7 Å². The summed E-state index contributed by atoms with van der Waals surface area (Å²) in [6.07, 6.45) is 0. The summed E-state index contributed by atoms with van der Waals surface area (Å²) in [6, 6.07) is 13.7. The van der Waals surface area contributed by atoms with Crippen molar-refractivity contribution in [3.8, 4) is 6.07 Å². The first kappa shape index (κ1) is 13.5. The third-order valence-electron chi connectivity index (χ3n) is 3.07. The summed E-state index contributed by atoms with van der Waals surface area (Å²) >= 11 is 6.13. The van der Waals surface area contributed by atoms with E-state index in [1.54, 1.807) is 12.1 Å². The molecule has 0 bridgehead atoms. The molecule has 0 atom stereocenters. The third kappa shape index (κ3) is 3.27. The minimum Gasteiger partial charge on any atom is -0.380 e. The van der Waals surface area contributed by atoms with Crippen LogP contribution in [0.2, 0.25) is 5.02 Å². The zero-order valence-corrected chi connectivity index (χ0v) is 11.8. The van der Waals surface area contributed by atoms with Crippen LogP contribution in [0.15, 0.2) is 36.4 Å². The molecular weight excluding hydrogens is 256 g/mol. The van der Waals surface area contributed by atoms with Crippen LogP contribution < -0.4 is 5.32 Å². The number of aryl methyl sites for hydroxylation is 2. The maximum atomic E-state index is 8.80. The van der Waals surface area contributed by atoms with Crippen molar-refractivity contribution in [1.82, 2.24) is 0 Å². The molecule has 0 heterocycles. The zero-order chi connectivity index (χ0) is 13.8. The van der Waals surface area contributed by atoms with Crippen molar-refractivity contribution >= 4 is 17.3 Å². The Labute approximate surface area is 118 Å². The molecule has 0 aromatic heterocycles. The van der Waals surface area contributed by atoms with Crippen molar-refractivity contribution in [2.24, 2.45) is 0 Å². The number of anilines is 1. The molecule has 0 saturated carbocycles. The average Bonchev–Trinajstić information content (AvgIpc) is 2.40. The van der Waals surface area contributed by atoms with E-state index in [1.165, 1.54) is 16.7 Å². The number of hydrogen-bond acceptors (Lipinski definition) is 2. The largest absolute Gasteiger partial charge is 0.380 e. The van der Waals surface area contributed by atoms with Gasteiger partial charge in [0.05, 0.1) is 22.3 Å². The molecule has 0 radical (unpaired) electrons. The smallest absolute Gasteiger partial charge is 0.0992 e. The van der Waals surface area contributed by atoms with Gasteiger partial charge < -0.3 is 5.32 Å². The summed E-state index contributed by atoms with van der Waals surface area (Å²) in [5.74, 6) is 0. The van der Waals surface area contributed by atoms with Gasteiger partial charge >= 0.3 is 0 Å². The second-order valence-corrected chi connectivity index (χ2v) is 5.00. The number of hydrogen-bond donors (Lipinski definition) is 1. The topological polar surface area (TPSA) is 35.8 Å². The highest BCUT2D eigenvalue weighted by Gasteiger charge is 2.03. The van der Waals surface area contributed by atoms with Crippen LogP contribution in [0.25, 0.3) is 0 Å². The molecule has 0 fully saturated rings. The Kier molecular flexibility index (Phi) is 4.09. The predicted octanol–water partition coefficient (Wildman–Crippen LogP) is 4.44. The van der Waals surface area contributed by atoms with Crippen LogP contribution in [0, 0.1) is 25.2 Å². The zero-order valence-electron chi connectivity index (χ0n) is 11.0. The number of rotatable bonds is 3. The van der Waals surface area contributed by atoms with Crippen LogP contribution >= 0.6 is 11.6 Å². The number of nitrogens with zero attached hydrogens (tertiary/aromatic N) is 1. The van der Waals surface area contributed by atoms with E-state index in [9.17, 15) is 0 Å². The van der Waals surface area contributed by atoms with Gasteiger partial charge in [0, 0.05) is 6.54 Å². The van der Waals surface area contributed by atoms with Gasteiger partial charge in [-0.1, -0.05) is 35.4 Å². The monoisotopic (exact) mass is 270 g/mol. The summed E-state index contributed by atoms with van der Waals surface area (Å²) in [4.78, 5) is 0. The van der Waals surface area contributed by atoms with E-state index < -0.39 is 0 Å². The van der Waals surface area contributed by atoms with Crippen LogP contribution in [0.1, 0.15) is 22.3 Å². The van der Waals surface area contributed by atoms with Gasteiger partial charge in [-0.3, -0.25) is 0 Å². The maximum absolute atomic E-state index is 8.80. The normalized spacial score (nSPS) is 10.0. The Bertz CT molecular complexity index is 642. The van der Waals surface area contributed by atoms with Gasteiger partial charge in [-0.2, -0.15) is 5.26 Å². The number of benzene rings is 2. The standard InChI is InChI=1S/C16H15ClN2/c1-11-3-4-12(2)14(7-11)10-19-16-6-5-13(9-18)8-15(16)17/h3-8,19H,10H2,1-2H3. The van der Waals surface area contributed by atoms with Gasteiger partial charge in [-0.25, -0.2) is 0 Å². The Morgan fingerprint density at radius 2 is 1.95 bits per heavy atom. The van der Waals surface area contributed by atoms with Crippen molar-refractivity contribution in [1.29, 1.82) is 5.26 Å². The van der Waals surface area contributed by atoms with Crippen LogP contribution in [-0.4, -0.2) is 0 Å². The lowest BCUT2D eigenvalue weighted by molar-refractivity contribution is 1.11. The van der Waals surface area contributed by atoms with Crippen molar-refractivity contribution in [2.75, 3.05) is 5.32 Å². The average molecular weight is 271 g/mol. The number of halogens is 1. The van der Waals surface area contributed by atoms with Gasteiger partial charge in [0.15, 0.2) is 0 Å². The molecule has 2 aromatic rings. The molecule has 1 N–H and O–H groups in total. The van der Waals surface area contributed by atoms with Crippen molar-refractivity contribution in [3.63, 3.8) is 0 Å². The van der Waals surface area contributed by atoms with Gasteiger partial charge in [-0.05, 0) is 43.2 Å². The molecular formula is C16H15ClN2. The fraction of sp³-hybridized carbons (Fsp3) is 0.188. The molecule has 0 aliphatic rings. The molecule has 0 amide bonds. The number of nitrogens with one attached hydrogen (secondary N) is 1. The summed E-state index contributed by atoms with van der Waals surface area (Å²) in [7, 11) is 0. The summed E-state index contributed by atoms with van der Waals surface area (Å²) in [5.41, 5.74) is 5.17. The van der Waals surface area contributed by atoms with E-state index in [1.807, 2.05) is 6.07 Å². The minimum atomic E-state index is 0.572. The Morgan fingerprint density at radius 1 is 1.16 bits per heavy atom. The Morgan fingerprint density at radius 3 is 2.63 bits per heavy atom. The van der Waals surface area contributed by atoms with Gasteiger partial charge in [0.25, 0.3) is 0 Å². The molecule has 96 valence electrons. The van der Waals surface area contributed by atoms with Crippen LogP contribution in [0.4, 0.5) is 5.69 Å². The maximum Gasteiger partial charge on any atom is 0.0992 e. The van der Waals surface area contributed by atoms with E-state index >= 15 is 0 Å². The molecule has 2 nitrogen and oxygen atoms in total. The minimum absolute atomic E-state index is 0.572. The van der Waals surface area contributed by atoms with Gasteiger partial charge in [0.2, 0.25) is 0 Å². The van der Waals surface area contributed by atoms with E-state index in [0.29, 0.717) is 10.6 Å². The summed E-state index contributed by atoms with van der Waals surface area (Å²) in [5, 5.41) is 12.7. The first-order valence-electron chi connectivity index (χ1n) is 6.10. The lowest BCUT2D eigenvalue weighted by Crippen LogP contribution is -2.02. The molecule has 3 heteroatoms. The first-order valence-corrected chi connectivity index (χ1v) is 6.47. The molecule has 19 heavy (non-hydrogen) atoms. The molecule has 0 saturated heterocycles.